The molecular formula is C10H15NO4. The summed E-state index contributed by atoms with van der Waals surface area (Å²) in [5, 5.41) is 0. The lowest BCUT2D eigenvalue weighted by atomic mass is 9.97. The molecule has 0 aromatic heterocycles. The fourth-order valence-electron chi connectivity index (χ4n) is 0.973. The highest BCUT2D eigenvalue weighted by Gasteiger charge is 2.30. The van der Waals surface area contributed by atoms with E-state index < -0.39 is 17.4 Å². The average molecular weight is 213 g/mol. The van der Waals surface area contributed by atoms with Gasteiger partial charge in [-0.25, -0.2) is 4.79 Å². The van der Waals surface area contributed by atoms with Crippen molar-refractivity contribution in [3.8, 4) is 0 Å². The summed E-state index contributed by atoms with van der Waals surface area (Å²) in [5.74, 6) is -1.31. The molecule has 5 nitrogen and oxygen atoms in total. The molecule has 0 saturated carbocycles. The van der Waals surface area contributed by atoms with E-state index in [0.717, 1.165) is 0 Å². The minimum Gasteiger partial charge on any atom is -0.391 e. The van der Waals surface area contributed by atoms with Gasteiger partial charge in [-0.15, -0.1) is 0 Å². The first kappa shape index (κ1) is 11.7. The Bertz CT molecular complexity index is 303. The largest absolute Gasteiger partial charge is 0.391 e. The first-order valence-corrected chi connectivity index (χ1v) is 4.83. The van der Waals surface area contributed by atoms with Gasteiger partial charge in [0.25, 0.3) is 0 Å². The molecule has 0 unspecified atom stereocenters. The lowest BCUT2D eigenvalue weighted by molar-refractivity contribution is -0.168. The van der Waals surface area contributed by atoms with Crippen LogP contribution in [0, 0.1) is 5.41 Å². The SMILES string of the molecule is CC(C)(C)C(=O)OC(=O)CN1CCC1=O. The van der Waals surface area contributed by atoms with Crippen LogP contribution in [0.25, 0.3) is 0 Å². The summed E-state index contributed by atoms with van der Waals surface area (Å²) in [6.07, 6.45) is 0.473. The van der Waals surface area contributed by atoms with Crippen LogP contribution in [-0.2, 0) is 19.1 Å². The number of hydrogen-bond acceptors (Lipinski definition) is 4. The van der Waals surface area contributed by atoms with Gasteiger partial charge in [0.05, 0.1) is 5.41 Å². The van der Waals surface area contributed by atoms with E-state index in [1.807, 2.05) is 0 Å². The molecule has 1 aliphatic rings. The molecule has 1 saturated heterocycles. The lowest BCUT2D eigenvalue weighted by Gasteiger charge is -2.29. The predicted octanol–water partition coefficient (Wildman–Crippen LogP) is 0.335. The van der Waals surface area contributed by atoms with Gasteiger partial charge in [-0.1, -0.05) is 0 Å². The molecule has 5 heteroatoms. The highest BCUT2D eigenvalue weighted by Crippen LogP contribution is 2.15. The predicted molar refractivity (Wildman–Crippen MR) is 51.8 cm³/mol. The van der Waals surface area contributed by atoms with Crippen molar-refractivity contribution >= 4 is 17.8 Å². The van der Waals surface area contributed by atoms with Crippen LogP contribution in [0.2, 0.25) is 0 Å². The van der Waals surface area contributed by atoms with Gasteiger partial charge in [0.15, 0.2) is 0 Å². The van der Waals surface area contributed by atoms with E-state index >= 15 is 0 Å². The second-order valence-corrected chi connectivity index (χ2v) is 4.58. The quantitative estimate of drug-likeness (QED) is 0.377. The highest BCUT2D eigenvalue weighted by atomic mass is 16.6. The van der Waals surface area contributed by atoms with Gasteiger partial charge in [-0.3, -0.25) is 9.59 Å². The smallest absolute Gasteiger partial charge is 0.333 e. The summed E-state index contributed by atoms with van der Waals surface area (Å²) in [4.78, 5) is 34.8. The van der Waals surface area contributed by atoms with E-state index in [0.29, 0.717) is 13.0 Å². The molecule has 1 rings (SSSR count). The first-order chi connectivity index (χ1) is 6.80. The summed E-state index contributed by atoms with van der Waals surface area (Å²) in [6.45, 7) is 5.44. The molecule has 84 valence electrons. The Labute approximate surface area is 88.4 Å². The third-order valence-corrected chi connectivity index (χ3v) is 2.09. The van der Waals surface area contributed by atoms with Gasteiger partial charge in [0, 0.05) is 13.0 Å². The second kappa shape index (κ2) is 4.00. The van der Waals surface area contributed by atoms with Crippen LogP contribution < -0.4 is 0 Å². The van der Waals surface area contributed by atoms with Crippen molar-refractivity contribution in [3.63, 3.8) is 0 Å². The zero-order valence-corrected chi connectivity index (χ0v) is 9.20. The van der Waals surface area contributed by atoms with E-state index in [1.54, 1.807) is 20.8 Å². The van der Waals surface area contributed by atoms with E-state index in [9.17, 15) is 14.4 Å². The van der Waals surface area contributed by atoms with Gasteiger partial charge in [0.2, 0.25) is 5.91 Å². The maximum atomic E-state index is 11.3. The van der Waals surface area contributed by atoms with E-state index in [2.05, 4.69) is 4.74 Å². The van der Waals surface area contributed by atoms with Crippen molar-refractivity contribution < 1.29 is 19.1 Å². The van der Waals surface area contributed by atoms with Crippen molar-refractivity contribution in [2.45, 2.75) is 27.2 Å². The average Bonchev–Trinajstić information content (AvgIpc) is 2.10. The lowest BCUT2D eigenvalue weighted by Crippen LogP contribution is -2.47. The molecule has 1 heterocycles. The van der Waals surface area contributed by atoms with Crippen molar-refractivity contribution in [2.75, 3.05) is 13.1 Å². The summed E-state index contributed by atoms with van der Waals surface area (Å²) < 4.78 is 4.60. The van der Waals surface area contributed by atoms with Gasteiger partial charge in [0.1, 0.15) is 6.54 Å². The number of β-lactam (4-membered cyclic amide) rings is 1. The molecule has 0 N–H and O–H groups in total. The molecule has 1 amide bonds. The molecule has 1 fully saturated rings. The molecule has 0 bridgehead atoms. The Morgan fingerprint density at radius 1 is 1.40 bits per heavy atom. The third kappa shape index (κ3) is 3.04. The van der Waals surface area contributed by atoms with Gasteiger partial charge in [-0.2, -0.15) is 0 Å². The number of carbonyl (C=O) groups is 3. The maximum absolute atomic E-state index is 11.3. The van der Waals surface area contributed by atoms with E-state index in [-0.39, 0.29) is 12.5 Å². The number of carbonyl (C=O) groups excluding carboxylic acids is 3. The molecule has 0 spiro atoms. The standard InChI is InChI=1S/C10H15NO4/c1-10(2,3)9(14)15-8(13)6-11-5-4-7(11)12/h4-6H2,1-3H3. The Kier molecular flexibility index (Phi) is 3.12. The topological polar surface area (TPSA) is 63.7 Å². The first-order valence-electron chi connectivity index (χ1n) is 4.83. The number of esters is 2. The Morgan fingerprint density at radius 2 is 2.00 bits per heavy atom. The third-order valence-electron chi connectivity index (χ3n) is 2.09. The van der Waals surface area contributed by atoms with Crippen molar-refractivity contribution in [1.82, 2.24) is 4.90 Å². The normalized spacial score (nSPS) is 15.9. The minimum absolute atomic E-state index is 0.0739. The molecular weight excluding hydrogens is 198 g/mol. The molecule has 0 aliphatic carbocycles. The zero-order chi connectivity index (χ0) is 11.6. The van der Waals surface area contributed by atoms with Crippen LogP contribution >= 0.6 is 0 Å². The molecule has 1 aliphatic heterocycles. The number of amides is 1. The van der Waals surface area contributed by atoms with Crippen LogP contribution in [-0.4, -0.2) is 35.8 Å². The molecule has 0 radical (unpaired) electrons. The monoisotopic (exact) mass is 213 g/mol. The van der Waals surface area contributed by atoms with Gasteiger partial charge in [-0.05, 0) is 20.8 Å². The fourth-order valence-corrected chi connectivity index (χ4v) is 0.973. The van der Waals surface area contributed by atoms with Crippen LogP contribution in [0.1, 0.15) is 27.2 Å². The molecule has 15 heavy (non-hydrogen) atoms. The van der Waals surface area contributed by atoms with Gasteiger partial charge < -0.3 is 9.64 Å². The number of likely N-dealkylation sites (tertiary alicyclic amines) is 1. The van der Waals surface area contributed by atoms with Crippen LogP contribution in [0.3, 0.4) is 0 Å². The fraction of sp³-hybridized carbons (Fsp3) is 0.700. The van der Waals surface area contributed by atoms with Crippen molar-refractivity contribution in [1.29, 1.82) is 0 Å². The van der Waals surface area contributed by atoms with E-state index in [4.69, 9.17) is 0 Å². The van der Waals surface area contributed by atoms with Gasteiger partial charge >= 0.3 is 11.9 Å². The summed E-state index contributed by atoms with van der Waals surface area (Å²) in [6, 6.07) is 0. The maximum Gasteiger partial charge on any atom is 0.333 e. The highest BCUT2D eigenvalue weighted by molar-refractivity contribution is 5.92. The van der Waals surface area contributed by atoms with Crippen molar-refractivity contribution in [2.24, 2.45) is 5.41 Å². The van der Waals surface area contributed by atoms with E-state index in [1.165, 1.54) is 4.90 Å². The van der Waals surface area contributed by atoms with Crippen molar-refractivity contribution in [3.05, 3.63) is 0 Å². The number of ether oxygens (including phenoxy) is 1. The number of rotatable bonds is 2. The molecule has 0 aromatic rings. The Hall–Kier alpha value is -1.39. The zero-order valence-electron chi connectivity index (χ0n) is 9.20. The number of nitrogens with zero attached hydrogens (tertiary/aromatic N) is 1. The van der Waals surface area contributed by atoms with Crippen LogP contribution in [0.5, 0.6) is 0 Å². The summed E-state index contributed by atoms with van der Waals surface area (Å²) >= 11 is 0. The summed E-state index contributed by atoms with van der Waals surface area (Å²) in [5.41, 5.74) is -0.700. The Morgan fingerprint density at radius 3 is 2.33 bits per heavy atom. The molecule has 0 aromatic carbocycles. The molecule has 0 atom stereocenters. The van der Waals surface area contributed by atoms with Crippen LogP contribution in [0.4, 0.5) is 0 Å². The summed E-state index contributed by atoms with van der Waals surface area (Å²) in [7, 11) is 0. The Balaban J connectivity index is 2.36. The minimum atomic E-state index is -0.700. The van der Waals surface area contributed by atoms with Crippen LogP contribution in [0.15, 0.2) is 0 Å². The number of hydrogen-bond donors (Lipinski definition) is 0. The second-order valence-electron chi connectivity index (χ2n) is 4.58.